The molecule has 32 heavy (non-hydrogen) atoms. The summed E-state index contributed by atoms with van der Waals surface area (Å²) in [6.45, 7) is 4.20. The van der Waals surface area contributed by atoms with E-state index in [1.807, 2.05) is 19.2 Å². The van der Waals surface area contributed by atoms with Gasteiger partial charge >= 0.3 is 0 Å². The molecule has 4 heterocycles. The second-order valence-electron chi connectivity index (χ2n) is 8.79. The molecule has 0 unspecified atom stereocenters. The van der Waals surface area contributed by atoms with Crippen molar-refractivity contribution in [3.8, 4) is 5.75 Å². The van der Waals surface area contributed by atoms with Crippen LogP contribution in [0, 0.1) is 12.7 Å². The summed E-state index contributed by atoms with van der Waals surface area (Å²) in [7, 11) is 0. The highest BCUT2D eigenvalue weighted by molar-refractivity contribution is 5.97. The van der Waals surface area contributed by atoms with E-state index < -0.39 is 5.82 Å². The topological polar surface area (TPSA) is 100.0 Å². The third kappa shape index (κ3) is 3.66. The first-order chi connectivity index (χ1) is 15.4. The summed E-state index contributed by atoms with van der Waals surface area (Å²) in [4.78, 5) is 21.9. The summed E-state index contributed by atoms with van der Waals surface area (Å²) < 4.78 is 15.5. The summed E-state index contributed by atoms with van der Waals surface area (Å²) >= 11 is 0. The molecule has 0 spiro atoms. The summed E-state index contributed by atoms with van der Waals surface area (Å²) in [5.74, 6) is -0.249. The van der Waals surface area contributed by atoms with Gasteiger partial charge in [-0.3, -0.25) is 4.79 Å². The number of hydrogen-bond acceptors (Lipinski definition) is 6. The first-order valence-corrected chi connectivity index (χ1v) is 11.1. The predicted octanol–water partition coefficient (Wildman–Crippen LogP) is 2.79. The molecule has 2 aliphatic heterocycles. The monoisotopic (exact) mass is 438 g/mol. The second kappa shape index (κ2) is 8.05. The van der Waals surface area contributed by atoms with E-state index in [9.17, 15) is 14.3 Å². The van der Waals surface area contributed by atoms with Crippen LogP contribution < -0.4 is 10.6 Å². The number of carbonyl (C=O) groups excluding carboxylic acids is 1. The highest BCUT2D eigenvalue weighted by Gasteiger charge is 2.32. The molecule has 5 rings (SSSR count). The van der Waals surface area contributed by atoms with Crippen molar-refractivity contribution < 1.29 is 14.3 Å². The Bertz CT molecular complexity index is 1180. The quantitative estimate of drug-likeness (QED) is 0.652. The number of phenolic OH excluding ortho intramolecular Hbond substituents is 1. The van der Waals surface area contributed by atoms with Gasteiger partial charge in [0.1, 0.15) is 17.4 Å². The molecule has 2 atom stereocenters. The first kappa shape index (κ1) is 20.7. The van der Waals surface area contributed by atoms with Gasteiger partial charge in [0.2, 0.25) is 0 Å². The van der Waals surface area contributed by atoms with Crippen LogP contribution in [0.2, 0.25) is 0 Å². The number of aromatic nitrogens is 3. The zero-order chi connectivity index (χ0) is 22.4. The largest absolute Gasteiger partial charge is 0.507 e. The van der Waals surface area contributed by atoms with E-state index in [1.165, 1.54) is 6.07 Å². The number of nitrogens with zero attached hydrogens (tertiary/aromatic N) is 5. The molecule has 0 saturated carbocycles. The highest BCUT2D eigenvalue weighted by Crippen LogP contribution is 2.34. The van der Waals surface area contributed by atoms with Gasteiger partial charge in [0, 0.05) is 43.5 Å². The van der Waals surface area contributed by atoms with Gasteiger partial charge in [0.05, 0.1) is 17.3 Å². The van der Waals surface area contributed by atoms with Crippen molar-refractivity contribution in [3.63, 3.8) is 0 Å². The number of likely N-dealkylation sites (tertiary alicyclic amines) is 1. The van der Waals surface area contributed by atoms with E-state index in [0.717, 1.165) is 68.0 Å². The molecule has 3 aromatic rings. The molecule has 9 heteroatoms. The van der Waals surface area contributed by atoms with Crippen molar-refractivity contribution in [2.75, 3.05) is 24.5 Å². The lowest BCUT2D eigenvalue weighted by molar-refractivity contribution is 0.0602. The molecular weight excluding hydrogens is 411 g/mol. The number of nitrogens with two attached hydrogens (primary N) is 1. The number of hydrogen-bond donors (Lipinski definition) is 2. The number of aromatic hydroxyl groups is 1. The van der Waals surface area contributed by atoms with Gasteiger partial charge in [-0.25, -0.2) is 13.9 Å². The van der Waals surface area contributed by atoms with Crippen LogP contribution in [0.25, 0.3) is 5.65 Å². The average Bonchev–Trinajstić information content (AvgIpc) is 3.40. The number of aryl methyl sites for hydroxylation is 1. The maximum Gasteiger partial charge on any atom is 0.258 e. The smallest absolute Gasteiger partial charge is 0.258 e. The van der Waals surface area contributed by atoms with Crippen molar-refractivity contribution >= 4 is 17.4 Å². The van der Waals surface area contributed by atoms with Gasteiger partial charge in [-0.15, -0.1) is 0 Å². The minimum Gasteiger partial charge on any atom is -0.507 e. The van der Waals surface area contributed by atoms with E-state index in [1.54, 1.807) is 9.42 Å². The lowest BCUT2D eigenvalue weighted by atomic mass is 9.98. The van der Waals surface area contributed by atoms with Crippen molar-refractivity contribution in [3.05, 3.63) is 53.1 Å². The fourth-order valence-corrected chi connectivity index (χ4v) is 4.80. The Labute approximate surface area is 185 Å². The van der Waals surface area contributed by atoms with Crippen molar-refractivity contribution in [2.24, 2.45) is 5.73 Å². The van der Waals surface area contributed by atoms with E-state index in [2.05, 4.69) is 4.90 Å². The minimum absolute atomic E-state index is 0.0257. The van der Waals surface area contributed by atoms with Crippen LogP contribution in [0.5, 0.6) is 5.75 Å². The van der Waals surface area contributed by atoms with Crippen LogP contribution in [0.4, 0.5) is 10.2 Å². The van der Waals surface area contributed by atoms with Crippen molar-refractivity contribution in [1.82, 2.24) is 19.5 Å². The van der Waals surface area contributed by atoms with Crippen molar-refractivity contribution in [2.45, 2.75) is 44.7 Å². The fourth-order valence-electron chi connectivity index (χ4n) is 4.80. The molecule has 1 amide bonds. The van der Waals surface area contributed by atoms with Crippen molar-refractivity contribution in [1.29, 1.82) is 0 Å². The number of amides is 1. The summed E-state index contributed by atoms with van der Waals surface area (Å²) in [6, 6.07) is 5.26. The Morgan fingerprint density at radius 2 is 2.06 bits per heavy atom. The SMILES string of the molecule is Cc1cn2nc([C@@H]3CCCCN3C(=O)c3cc(F)ccc3O)cc2nc1N1CC[C@H](N)C1. The van der Waals surface area contributed by atoms with Crippen LogP contribution in [-0.4, -0.2) is 56.2 Å². The molecule has 2 aliphatic rings. The summed E-state index contributed by atoms with van der Waals surface area (Å²) in [5, 5.41) is 14.9. The molecule has 2 fully saturated rings. The Kier molecular flexibility index (Phi) is 5.21. The van der Waals surface area contributed by atoms with Crippen LogP contribution in [-0.2, 0) is 0 Å². The van der Waals surface area contributed by atoms with Gasteiger partial charge in [0.15, 0.2) is 5.65 Å². The van der Waals surface area contributed by atoms with Crippen LogP contribution in [0.3, 0.4) is 0 Å². The summed E-state index contributed by atoms with van der Waals surface area (Å²) in [5.41, 5.74) is 8.52. The van der Waals surface area contributed by atoms with Gasteiger partial charge < -0.3 is 20.6 Å². The number of benzene rings is 1. The first-order valence-electron chi connectivity index (χ1n) is 11.1. The maximum atomic E-state index is 13.7. The Morgan fingerprint density at radius 3 is 2.84 bits per heavy atom. The third-order valence-electron chi connectivity index (χ3n) is 6.44. The average molecular weight is 439 g/mol. The normalized spacial score (nSPS) is 21.5. The van der Waals surface area contributed by atoms with Crippen LogP contribution in [0.15, 0.2) is 30.5 Å². The molecule has 2 aromatic heterocycles. The lowest BCUT2D eigenvalue weighted by Gasteiger charge is -2.34. The fraction of sp³-hybridized carbons (Fsp3) is 0.435. The van der Waals surface area contributed by atoms with Gasteiger partial charge in [-0.1, -0.05) is 0 Å². The van der Waals surface area contributed by atoms with Gasteiger partial charge in [-0.2, -0.15) is 5.10 Å². The zero-order valence-corrected chi connectivity index (χ0v) is 18.0. The molecule has 0 aliphatic carbocycles. The number of halogens is 1. The van der Waals surface area contributed by atoms with Crippen LogP contribution in [0.1, 0.15) is 53.3 Å². The number of piperidine rings is 1. The molecule has 168 valence electrons. The molecule has 0 radical (unpaired) electrons. The van der Waals surface area contributed by atoms with Gasteiger partial charge in [-0.05, 0) is 50.8 Å². The van der Waals surface area contributed by atoms with E-state index in [-0.39, 0.29) is 29.3 Å². The molecule has 0 bridgehead atoms. The molecular formula is C23H27FN6O2. The maximum absolute atomic E-state index is 13.7. The third-order valence-corrected chi connectivity index (χ3v) is 6.44. The number of rotatable bonds is 3. The highest BCUT2D eigenvalue weighted by atomic mass is 19.1. The van der Waals surface area contributed by atoms with Gasteiger partial charge in [0.25, 0.3) is 5.91 Å². The Balaban J connectivity index is 1.48. The molecule has 8 nitrogen and oxygen atoms in total. The molecule has 2 saturated heterocycles. The molecule has 1 aromatic carbocycles. The standard InChI is InChI=1S/C23H27FN6O2/c1-14-12-30-21(26-22(14)28-9-7-16(25)13-28)11-18(27-30)19-4-2-3-8-29(19)23(32)17-10-15(24)5-6-20(17)31/h5-6,10-12,16,19,31H,2-4,7-9,13,25H2,1H3/t16-,19-/m0/s1. The number of phenols is 1. The van der Waals surface area contributed by atoms with Crippen LogP contribution >= 0.6 is 0 Å². The second-order valence-corrected chi connectivity index (χ2v) is 8.79. The Hall–Kier alpha value is -3.20. The number of fused-ring (bicyclic) bond motifs is 1. The predicted molar refractivity (Wildman–Crippen MR) is 118 cm³/mol. The Morgan fingerprint density at radius 1 is 1.22 bits per heavy atom. The van der Waals surface area contributed by atoms with E-state index in [4.69, 9.17) is 15.8 Å². The lowest BCUT2D eigenvalue weighted by Crippen LogP contribution is -2.38. The minimum atomic E-state index is -0.554. The number of anilines is 1. The number of carbonyl (C=O) groups is 1. The zero-order valence-electron chi connectivity index (χ0n) is 18.0. The molecule has 3 N–H and O–H groups in total. The van der Waals surface area contributed by atoms with E-state index >= 15 is 0 Å². The van der Waals surface area contributed by atoms with E-state index in [0.29, 0.717) is 12.2 Å². The summed E-state index contributed by atoms with van der Waals surface area (Å²) in [6.07, 6.45) is 5.46.